The molecule has 2 unspecified atom stereocenters. The molecule has 2 aliphatic heterocycles. The van der Waals surface area contributed by atoms with Gasteiger partial charge >= 0.3 is 0 Å². The van der Waals surface area contributed by atoms with Crippen molar-refractivity contribution in [1.82, 2.24) is 9.88 Å². The molecular weight excluding hydrogens is 366 g/mol. The molecule has 27 heavy (non-hydrogen) atoms. The highest BCUT2D eigenvalue weighted by Gasteiger charge is 2.54. The molecule has 2 bridgehead atoms. The third kappa shape index (κ3) is 3.60. The Kier molecular flexibility index (Phi) is 6.41. The number of likely N-dealkylation sites (tertiary alicyclic amines) is 1. The lowest BCUT2D eigenvalue weighted by atomic mass is 9.62. The summed E-state index contributed by atoms with van der Waals surface area (Å²) in [6.45, 7) is 3.84. The van der Waals surface area contributed by atoms with Gasteiger partial charge in [0.2, 0.25) is 0 Å². The first-order valence-electron chi connectivity index (χ1n) is 9.78. The van der Waals surface area contributed by atoms with Crippen molar-refractivity contribution in [2.24, 2.45) is 17.6 Å². The number of amides is 1. The Balaban J connectivity index is 0.00000210. The number of carbonyl (C=O) groups is 1. The van der Waals surface area contributed by atoms with Crippen molar-refractivity contribution in [3.8, 4) is 0 Å². The SMILES string of the molecule is COC1(c2ccnc(C(N)=O)c2)C2CCCC1CN(C1CCOCC1)C2.Cl. The van der Waals surface area contributed by atoms with E-state index in [1.807, 2.05) is 19.2 Å². The van der Waals surface area contributed by atoms with Crippen LogP contribution in [0.15, 0.2) is 18.3 Å². The third-order valence-electron chi connectivity index (χ3n) is 6.74. The molecule has 3 aliphatic rings. The number of carbonyl (C=O) groups excluding carboxylic acids is 1. The van der Waals surface area contributed by atoms with E-state index in [9.17, 15) is 4.79 Å². The number of methoxy groups -OCH3 is 1. The molecule has 0 aromatic carbocycles. The quantitative estimate of drug-likeness (QED) is 0.846. The Morgan fingerprint density at radius 2 is 1.93 bits per heavy atom. The van der Waals surface area contributed by atoms with Gasteiger partial charge < -0.3 is 15.2 Å². The summed E-state index contributed by atoms with van der Waals surface area (Å²) in [4.78, 5) is 18.4. The van der Waals surface area contributed by atoms with Gasteiger partial charge in [-0.15, -0.1) is 12.4 Å². The number of piperidine rings is 1. The van der Waals surface area contributed by atoms with E-state index in [0.717, 1.165) is 57.6 Å². The predicted molar refractivity (Wildman–Crippen MR) is 105 cm³/mol. The molecule has 3 fully saturated rings. The first-order chi connectivity index (χ1) is 12.6. The standard InChI is InChI=1S/C20H29N3O3.ClH/c1-25-20(14-5-8-22-18(11-14)19(21)24)15-3-2-4-16(20)13-23(12-15)17-6-9-26-10-7-17;/h5,8,11,15-17H,2-4,6-7,9-10,12-13H2,1H3,(H2,21,24);1H. The van der Waals surface area contributed by atoms with E-state index in [4.69, 9.17) is 15.2 Å². The van der Waals surface area contributed by atoms with Gasteiger partial charge in [-0.1, -0.05) is 6.42 Å². The molecule has 0 spiro atoms. The van der Waals surface area contributed by atoms with E-state index in [0.29, 0.717) is 23.6 Å². The number of pyridine rings is 1. The van der Waals surface area contributed by atoms with Crippen molar-refractivity contribution < 1.29 is 14.3 Å². The number of rotatable bonds is 4. The highest BCUT2D eigenvalue weighted by atomic mass is 35.5. The largest absolute Gasteiger partial charge is 0.381 e. The molecule has 1 amide bonds. The number of ether oxygens (including phenoxy) is 2. The van der Waals surface area contributed by atoms with Gasteiger partial charge in [0.15, 0.2) is 0 Å². The monoisotopic (exact) mass is 395 g/mol. The molecule has 7 heteroatoms. The number of primary amides is 1. The first kappa shape index (κ1) is 20.5. The summed E-state index contributed by atoms with van der Waals surface area (Å²) >= 11 is 0. The molecule has 4 rings (SSSR count). The van der Waals surface area contributed by atoms with Crippen molar-refractivity contribution >= 4 is 18.3 Å². The van der Waals surface area contributed by atoms with E-state index < -0.39 is 5.91 Å². The number of hydrogen-bond acceptors (Lipinski definition) is 5. The molecular formula is C20H30ClN3O3. The number of hydrogen-bond donors (Lipinski definition) is 1. The van der Waals surface area contributed by atoms with Gasteiger partial charge in [0.1, 0.15) is 11.3 Å². The Morgan fingerprint density at radius 3 is 2.52 bits per heavy atom. The zero-order valence-corrected chi connectivity index (χ0v) is 16.7. The van der Waals surface area contributed by atoms with Gasteiger partial charge in [0.25, 0.3) is 5.91 Å². The second-order valence-corrected chi connectivity index (χ2v) is 7.91. The lowest BCUT2D eigenvalue weighted by Crippen LogP contribution is -2.61. The van der Waals surface area contributed by atoms with E-state index in [1.54, 1.807) is 6.20 Å². The highest BCUT2D eigenvalue weighted by molar-refractivity contribution is 5.90. The zero-order valence-electron chi connectivity index (χ0n) is 15.9. The molecule has 1 aliphatic carbocycles. The number of aromatic nitrogens is 1. The number of fused-ring (bicyclic) bond motifs is 2. The van der Waals surface area contributed by atoms with Gasteiger partial charge in [-0.05, 0) is 43.4 Å². The average molecular weight is 396 g/mol. The summed E-state index contributed by atoms with van der Waals surface area (Å²) in [5.41, 5.74) is 6.51. The summed E-state index contributed by atoms with van der Waals surface area (Å²) in [6.07, 6.45) is 7.49. The minimum Gasteiger partial charge on any atom is -0.381 e. The Morgan fingerprint density at radius 1 is 1.26 bits per heavy atom. The fourth-order valence-electron chi connectivity index (χ4n) is 5.55. The molecule has 1 saturated carbocycles. The third-order valence-corrected chi connectivity index (χ3v) is 6.74. The van der Waals surface area contributed by atoms with E-state index in [-0.39, 0.29) is 18.0 Å². The molecule has 1 aromatic rings. The van der Waals surface area contributed by atoms with Crippen LogP contribution in [0, 0.1) is 11.8 Å². The summed E-state index contributed by atoms with van der Waals surface area (Å²) in [5, 5.41) is 0. The van der Waals surface area contributed by atoms with E-state index >= 15 is 0 Å². The number of nitrogens with two attached hydrogens (primary N) is 1. The lowest BCUT2D eigenvalue weighted by Gasteiger charge is -2.57. The van der Waals surface area contributed by atoms with Gasteiger partial charge in [-0.2, -0.15) is 0 Å². The summed E-state index contributed by atoms with van der Waals surface area (Å²) < 4.78 is 11.8. The van der Waals surface area contributed by atoms with Crippen molar-refractivity contribution in [2.45, 2.75) is 43.7 Å². The van der Waals surface area contributed by atoms with Crippen LogP contribution < -0.4 is 5.73 Å². The Labute approximate surface area is 167 Å². The van der Waals surface area contributed by atoms with Crippen molar-refractivity contribution in [3.63, 3.8) is 0 Å². The van der Waals surface area contributed by atoms with Crippen LogP contribution >= 0.6 is 12.4 Å². The maximum Gasteiger partial charge on any atom is 0.267 e. The average Bonchev–Trinajstić information content (AvgIpc) is 2.67. The fraction of sp³-hybridized carbons (Fsp3) is 0.700. The molecule has 150 valence electrons. The van der Waals surface area contributed by atoms with Crippen LogP contribution in [0.4, 0.5) is 0 Å². The van der Waals surface area contributed by atoms with Gasteiger partial charge in [-0.25, -0.2) is 0 Å². The van der Waals surface area contributed by atoms with Crippen LogP contribution in [-0.4, -0.2) is 55.2 Å². The maximum absolute atomic E-state index is 11.6. The summed E-state index contributed by atoms with van der Waals surface area (Å²) in [7, 11) is 1.82. The first-order valence-corrected chi connectivity index (χ1v) is 9.78. The molecule has 2 atom stereocenters. The van der Waals surface area contributed by atoms with Gasteiger partial charge in [0, 0.05) is 57.5 Å². The van der Waals surface area contributed by atoms with Crippen LogP contribution in [0.1, 0.15) is 48.2 Å². The highest BCUT2D eigenvalue weighted by Crippen LogP contribution is 2.52. The van der Waals surface area contributed by atoms with Crippen LogP contribution in [0.25, 0.3) is 0 Å². The topological polar surface area (TPSA) is 77.7 Å². The van der Waals surface area contributed by atoms with Crippen LogP contribution in [0.5, 0.6) is 0 Å². The molecule has 3 heterocycles. The van der Waals surface area contributed by atoms with E-state index in [1.165, 1.54) is 6.42 Å². The van der Waals surface area contributed by atoms with Gasteiger partial charge in [0.05, 0.1) is 0 Å². The molecule has 6 nitrogen and oxygen atoms in total. The number of halogens is 1. The molecule has 0 radical (unpaired) electrons. The zero-order chi connectivity index (χ0) is 18.1. The second-order valence-electron chi connectivity index (χ2n) is 7.91. The van der Waals surface area contributed by atoms with E-state index in [2.05, 4.69) is 9.88 Å². The predicted octanol–water partition coefficient (Wildman–Crippen LogP) is 2.35. The lowest BCUT2D eigenvalue weighted by molar-refractivity contribution is -0.177. The van der Waals surface area contributed by atoms with Crippen LogP contribution in [0.3, 0.4) is 0 Å². The molecule has 2 N–H and O–H groups in total. The fourth-order valence-corrected chi connectivity index (χ4v) is 5.55. The van der Waals surface area contributed by atoms with Crippen LogP contribution in [0.2, 0.25) is 0 Å². The van der Waals surface area contributed by atoms with Crippen LogP contribution in [-0.2, 0) is 15.1 Å². The maximum atomic E-state index is 11.6. The smallest absolute Gasteiger partial charge is 0.267 e. The summed E-state index contributed by atoms with van der Waals surface area (Å²) in [5.74, 6) is 0.361. The minimum atomic E-state index is -0.483. The molecule has 2 saturated heterocycles. The van der Waals surface area contributed by atoms with Crippen molar-refractivity contribution in [2.75, 3.05) is 33.4 Å². The normalized spacial score (nSPS) is 31.9. The van der Waals surface area contributed by atoms with Crippen molar-refractivity contribution in [1.29, 1.82) is 0 Å². The second kappa shape index (κ2) is 8.43. The molecule has 1 aromatic heterocycles. The Bertz CT molecular complexity index is 652. The number of nitrogens with zero attached hydrogens (tertiary/aromatic N) is 2. The minimum absolute atomic E-state index is 0. The Hall–Kier alpha value is -1.21. The van der Waals surface area contributed by atoms with Gasteiger partial charge in [-0.3, -0.25) is 14.7 Å². The summed E-state index contributed by atoms with van der Waals surface area (Å²) in [6, 6.07) is 4.48. The van der Waals surface area contributed by atoms with Crippen molar-refractivity contribution in [3.05, 3.63) is 29.6 Å².